The highest BCUT2D eigenvalue weighted by Crippen LogP contribution is 2.22. The molecule has 1 N–H and O–H groups in total. The van der Waals surface area contributed by atoms with Crippen molar-refractivity contribution in [2.45, 2.75) is 13.8 Å². The molecule has 0 unspecified atom stereocenters. The predicted octanol–water partition coefficient (Wildman–Crippen LogP) is 4.54. The van der Waals surface area contributed by atoms with Crippen molar-refractivity contribution in [3.8, 4) is 0 Å². The molecule has 0 atom stereocenters. The minimum Gasteiger partial charge on any atom is -0.339 e. The molecule has 126 valence electrons. The molecule has 2 rings (SSSR count). The maximum atomic E-state index is 12.2. The van der Waals surface area contributed by atoms with Crippen LogP contribution in [0.1, 0.15) is 29.1 Å². The van der Waals surface area contributed by atoms with Gasteiger partial charge in [0.25, 0.3) is 5.91 Å². The van der Waals surface area contributed by atoms with Crippen LogP contribution in [0.2, 0.25) is 4.34 Å². The molecule has 1 heterocycles. The van der Waals surface area contributed by atoms with Crippen LogP contribution in [0.5, 0.6) is 0 Å². The molecule has 1 aromatic heterocycles. The minimum atomic E-state index is -0.234. The van der Waals surface area contributed by atoms with Crippen LogP contribution in [0.3, 0.4) is 0 Å². The molecule has 6 heteroatoms. The first-order valence-corrected chi connectivity index (χ1v) is 8.86. The summed E-state index contributed by atoms with van der Waals surface area (Å²) < 4.78 is 0.684. The molecule has 2 aromatic rings. The van der Waals surface area contributed by atoms with Crippen molar-refractivity contribution in [1.82, 2.24) is 4.90 Å². The van der Waals surface area contributed by atoms with Gasteiger partial charge in [-0.2, -0.15) is 0 Å². The van der Waals surface area contributed by atoms with Crippen molar-refractivity contribution in [2.24, 2.45) is 0 Å². The van der Waals surface area contributed by atoms with Crippen LogP contribution in [-0.4, -0.2) is 29.8 Å². The van der Waals surface area contributed by atoms with Crippen LogP contribution in [-0.2, 0) is 4.79 Å². The Morgan fingerprint density at radius 3 is 2.33 bits per heavy atom. The van der Waals surface area contributed by atoms with Crippen molar-refractivity contribution in [3.05, 3.63) is 57.3 Å². The van der Waals surface area contributed by atoms with Crippen molar-refractivity contribution in [2.75, 3.05) is 18.4 Å². The number of halogens is 1. The summed E-state index contributed by atoms with van der Waals surface area (Å²) in [6.45, 7) is 5.24. The maximum absolute atomic E-state index is 12.2. The number of anilines is 1. The summed E-state index contributed by atoms with van der Waals surface area (Å²) in [4.78, 5) is 26.8. The van der Waals surface area contributed by atoms with Crippen LogP contribution in [0.15, 0.2) is 42.5 Å². The molecule has 0 bridgehead atoms. The fraction of sp³-hybridized carbons (Fsp3) is 0.222. The highest BCUT2D eigenvalue weighted by Gasteiger charge is 2.12. The minimum absolute atomic E-state index is 0.00709. The first kappa shape index (κ1) is 18.2. The Balaban J connectivity index is 1.97. The van der Waals surface area contributed by atoms with E-state index in [1.54, 1.807) is 41.3 Å². The number of hydrogen-bond acceptors (Lipinski definition) is 3. The van der Waals surface area contributed by atoms with Crippen LogP contribution in [0, 0.1) is 0 Å². The lowest BCUT2D eigenvalue weighted by Gasteiger charge is -2.18. The number of nitrogens with zero attached hydrogens (tertiary/aromatic N) is 1. The summed E-state index contributed by atoms with van der Waals surface area (Å²) in [5.41, 5.74) is 1.26. The van der Waals surface area contributed by atoms with Crippen LogP contribution >= 0.6 is 22.9 Å². The second kappa shape index (κ2) is 8.66. The van der Waals surface area contributed by atoms with Gasteiger partial charge in [-0.15, -0.1) is 11.3 Å². The lowest BCUT2D eigenvalue weighted by molar-refractivity contribution is -0.111. The van der Waals surface area contributed by atoms with Crippen molar-refractivity contribution in [3.63, 3.8) is 0 Å². The molecular weight excluding hydrogens is 344 g/mol. The third kappa shape index (κ3) is 4.94. The summed E-state index contributed by atoms with van der Waals surface area (Å²) in [7, 11) is 0. The predicted molar refractivity (Wildman–Crippen MR) is 101 cm³/mol. The monoisotopic (exact) mass is 362 g/mol. The number of carbonyl (C=O) groups is 2. The second-order valence-corrected chi connectivity index (χ2v) is 6.77. The highest BCUT2D eigenvalue weighted by molar-refractivity contribution is 7.17. The standard InChI is InChI=1S/C18H19ClN2O2S/c1-3-21(4-2)18(23)13-5-7-14(8-6-13)20-17(22)12-10-15-9-11-16(19)24-15/h5-12H,3-4H2,1-2H3,(H,20,22)/b12-10+. The molecule has 1 aromatic carbocycles. The topological polar surface area (TPSA) is 49.4 Å². The largest absolute Gasteiger partial charge is 0.339 e. The van der Waals surface area contributed by atoms with Gasteiger partial charge in [-0.25, -0.2) is 0 Å². The number of amides is 2. The summed E-state index contributed by atoms with van der Waals surface area (Å²) in [6.07, 6.45) is 3.17. The molecule has 0 aliphatic heterocycles. The first-order valence-electron chi connectivity index (χ1n) is 7.67. The Bertz CT molecular complexity index is 734. The quantitative estimate of drug-likeness (QED) is 0.767. The van der Waals surface area contributed by atoms with E-state index in [9.17, 15) is 9.59 Å². The lowest BCUT2D eigenvalue weighted by Crippen LogP contribution is -2.30. The highest BCUT2D eigenvalue weighted by atomic mass is 35.5. The van der Waals surface area contributed by atoms with Crippen molar-refractivity contribution < 1.29 is 9.59 Å². The Morgan fingerprint density at radius 1 is 1.12 bits per heavy atom. The summed E-state index contributed by atoms with van der Waals surface area (Å²) in [6, 6.07) is 10.5. The van der Waals surface area contributed by atoms with Gasteiger partial charge in [0.05, 0.1) is 4.34 Å². The van der Waals surface area contributed by atoms with Gasteiger partial charge < -0.3 is 10.2 Å². The van der Waals surface area contributed by atoms with Crippen LogP contribution < -0.4 is 5.32 Å². The SMILES string of the molecule is CCN(CC)C(=O)c1ccc(NC(=O)/C=C/c2ccc(Cl)s2)cc1. The Labute approximate surface area is 150 Å². The normalized spacial score (nSPS) is 10.8. The number of nitrogens with one attached hydrogen (secondary N) is 1. The Morgan fingerprint density at radius 2 is 1.79 bits per heavy atom. The van der Waals surface area contributed by atoms with E-state index >= 15 is 0 Å². The van der Waals surface area contributed by atoms with Crippen molar-refractivity contribution in [1.29, 1.82) is 0 Å². The van der Waals surface area contributed by atoms with Gasteiger partial charge in [0.1, 0.15) is 0 Å². The van der Waals surface area contributed by atoms with E-state index in [1.807, 2.05) is 19.9 Å². The van der Waals surface area contributed by atoms with E-state index < -0.39 is 0 Å². The molecular formula is C18H19ClN2O2S. The maximum Gasteiger partial charge on any atom is 0.253 e. The van der Waals surface area contributed by atoms with Crippen LogP contribution in [0.4, 0.5) is 5.69 Å². The molecule has 0 radical (unpaired) electrons. The molecule has 0 aliphatic rings. The molecule has 0 spiro atoms. The lowest BCUT2D eigenvalue weighted by atomic mass is 10.1. The van der Waals surface area contributed by atoms with Gasteiger partial charge in [0, 0.05) is 35.3 Å². The van der Waals surface area contributed by atoms with E-state index in [0.717, 1.165) is 4.88 Å². The van der Waals surface area contributed by atoms with E-state index in [-0.39, 0.29) is 11.8 Å². The van der Waals surface area contributed by atoms with Crippen molar-refractivity contribution >= 4 is 46.5 Å². The zero-order valence-corrected chi connectivity index (χ0v) is 15.2. The van der Waals surface area contributed by atoms with Gasteiger partial charge in [-0.05, 0) is 56.3 Å². The number of thiophene rings is 1. The fourth-order valence-electron chi connectivity index (χ4n) is 2.15. The number of benzene rings is 1. The third-order valence-corrected chi connectivity index (χ3v) is 4.64. The van der Waals surface area contributed by atoms with E-state index in [1.165, 1.54) is 17.4 Å². The molecule has 0 saturated heterocycles. The fourth-order valence-corrected chi connectivity index (χ4v) is 3.11. The molecule has 4 nitrogen and oxygen atoms in total. The first-order chi connectivity index (χ1) is 11.5. The summed E-state index contributed by atoms with van der Waals surface area (Å²) in [5.74, 6) is -0.241. The molecule has 0 saturated carbocycles. The Kier molecular flexibility index (Phi) is 6.58. The zero-order chi connectivity index (χ0) is 17.5. The van der Waals surface area contributed by atoms with E-state index in [2.05, 4.69) is 5.32 Å². The molecule has 0 fully saturated rings. The van der Waals surface area contributed by atoms with E-state index in [4.69, 9.17) is 11.6 Å². The summed E-state index contributed by atoms with van der Waals surface area (Å²) in [5, 5.41) is 2.76. The number of hydrogen-bond donors (Lipinski definition) is 1. The molecule has 2 amide bonds. The van der Waals surface area contributed by atoms with Gasteiger partial charge in [0.2, 0.25) is 5.91 Å². The second-order valence-electron chi connectivity index (χ2n) is 5.02. The zero-order valence-electron chi connectivity index (χ0n) is 13.6. The third-order valence-electron chi connectivity index (χ3n) is 3.44. The Hall–Kier alpha value is -2.11. The molecule has 0 aliphatic carbocycles. The van der Waals surface area contributed by atoms with Crippen LogP contribution in [0.25, 0.3) is 6.08 Å². The number of carbonyl (C=O) groups excluding carboxylic acids is 2. The average Bonchev–Trinajstić information content (AvgIpc) is 3.00. The average molecular weight is 363 g/mol. The van der Waals surface area contributed by atoms with Gasteiger partial charge in [0.15, 0.2) is 0 Å². The smallest absolute Gasteiger partial charge is 0.253 e. The molecule has 24 heavy (non-hydrogen) atoms. The van der Waals surface area contributed by atoms with Gasteiger partial charge >= 0.3 is 0 Å². The summed E-state index contributed by atoms with van der Waals surface area (Å²) >= 11 is 7.25. The number of rotatable bonds is 6. The van der Waals surface area contributed by atoms with E-state index in [0.29, 0.717) is 28.7 Å². The van der Waals surface area contributed by atoms with Gasteiger partial charge in [-0.1, -0.05) is 11.6 Å². The van der Waals surface area contributed by atoms with Gasteiger partial charge in [-0.3, -0.25) is 9.59 Å².